The van der Waals surface area contributed by atoms with Crippen LogP contribution in [0.5, 0.6) is 0 Å². The third-order valence-electron chi connectivity index (χ3n) is 4.65. The molecule has 0 radical (unpaired) electrons. The third kappa shape index (κ3) is 6.64. The van der Waals surface area contributed by atoms with Gasteiger partial charge in [-0.15, -0.1) is 0 Å². The van der Waals surface area contributed by atoms with Gasteiger partial charge in [-0.2, -0.15) is 0 Å². The zero-order chi connectivity index (χ0) is 24.8. The molecule has 0 saturated carbocycles. The van der Waals surface area contributed by atoms with Gasteiger partial charge in [-0.25, -0.2) is 4.68 Å². The van der Waals surface area contributed by atoms with Crippen molar-refractivity contribution in [3.05, 3.63) is 63.2 Å². The molecule has 0 spiro atoms. The van der Waals surface area contributed by atoms with E-state index in [1.807, 2.05) is 13.8 Å². The first kappa shape index (κ1) is 25.8. The van der Waals surface area contributed by atoms with Gasteiger partial charge in [0.1, 0.15) is 5.69 Å². The molecule has 180 valence electrons. The molecule has 0 bridgehead atoms. The van der Waals surface area contributed by atoms with Crippen molar-refractivity contribution in [2.75, 3.05) is 23.9 Å². The Bertz CT molecular complexity index is 1230. The number of fused-ring (bicyclic) bond motifs is 1. The minimum Gasteiger partial charge on any atom is -0.379 e. The summed E-state index contributed by atoms with van der Waals surface area (Å²) in [5, 5.41) is 6.90. The van der Waals surface area contributed by atoms with E-state index >= 15 is 0 Å². The van der Waals surface area contributed by atoms with E-state index in [2.05, 4.69) is 16.1 Å². The Hall–Kier alpha value is -2.78. The van der Waals surface area contributed by atoms with Gasteiger partial charge in [0.05, 0.1) is 21.7 Å². The monoisotopic (exact) mass is 524 g/mol. The molecule has 3 aromatic rings. The Morgan fingerprint density at radius 1 is 0.971 bits per heavy atom. The number of halogens is 3. The van der Waals surface area contributed by atoms with Crippen LogP contribution in [-0.4, -0.2) is 41.7 Å². The number of nitrogens with one attached hydrogen (secondary N) is 3. The lowest BCUT2D eigenvalue weighted by Crippen LogP contribution is -2.40. The smallest absolute Gasteiger partial charge is 0.328 e. The molecule has 2 aromatic carbocycles. The van der Waals surface area contributed by atoms with E-state index in [-0.39, 0.29) is 23.4 Å². The molecule has 8 nitrogen and oxygen atoms in total. The summed E-state index contributed by atoms with van der Waals surface area (Å²) in [5.41, 5.74) is 3.45. The molecule has 0 fully saturated rings. The van der Waals surface area contributed by atoms with Gasteiger partial charge in [0.2, 0.25) is 0 Å². The molecular weight excluding hydrogens is 503 g/mol. The van der Waals surface area contributed by atoms with Crippen molar-refractivity contribution in [1.82, 2.24) is 9.99 Å². The number of carbonyl (C=O) groups excluding carboxylic acids is 3. The molecule has 0 aliphatic carbocycles. The van der Waals surface area contributed by atoms with Gasteiger partial charge in [0.25, 0.3) is 5.91 Å². The maximum Gasteiger partial charge on any atom is 0.328 e. The van der Waals surface area contributed by atoms with Crippen LogP contribution in [0.25, 0.3) is 10.9 Å². The van der Waals surface area contributed by atoms with Gasteiger partial charge in [0, 0.05) is 29.2 Å². The van der Waals surface area contributed by atoms with Gasteiger partial charge < -0.3 is 15.4 Å². The molecule has 3 N–H and O–H groups in total. The molecule has 0 saturated heterocycles. The fourth-order valence-corrected chi connectivity index (χ4v) is 3.55. The molecule has 3 rings (SSSR count). The van der Waals surface area contributed by atoms with Crippen LogP contribution in [0.4, 0.5) is 5.69 Å². The molecule has 0 unspecified atom stereocenters. The summed E-state index contributed by atoms with van der Waals surface area (Å²) in [6.45, 7) is 4.55. The zero-order valence-electron chi connectivity index (χ0n) is 18.5. The lowest BCUT2D eigenvalue weighted by molar-refractivity contribution is -0.136. The summed E-state index contributed by atoms with van der Waals surface area (Å²) in [4.78, 5) is 37.8. The third-order valence-corrected chi connectivity index (χ3v) is 5.63. The highest BCUT2D eigenvalue weighted by atomic mass is 35.5. The Kier molecular flexibility index (Phi) is 8.79. The fraction of sp³-hybridized carbons (Fsp3) is 0.261. The summed E-state index contributed by atoms with van der Waals surface area (Å²) in [6.07, 6.45) is 0.641. The van der Waals surface area contributed by atoms with E-state index < -0.39 is 17.7 Å². The van der Waals surface area contributed by atoms with Crippen LogP contribution < -0.4 is 16.1 Å². The average molecular weight is 526 g/mol. The molecule has 34 heavy (non-hydrogen) atoms. The SMILES string of the molecule is CC(C)OCCCNC(=O)C(=O)Nn1c(C(=O)Nc2ccc(Cl)c(Cl)c2)cc2cc(Cl)ccc21. The highest BCUT2D eigenvalue weighted by Gasteiger charge is 2.21. The Morgan fingerprint density at radius 2 is 1.74 bits per heavy atom. The molecule has 0 aliphatic rings. The lowest BCUT2D eigenvalue weighted by atomic mass is 10.2. The van der Waals surface area contributed by atoms with E-state index in [0.29, 0.717) is 39.7 Å². The number of aromatic nitrogens is 1. The zero-order valence-corrected chi connectivity index (χ0v) is 20.7. The molecule has 3 amide bonds. The van der Waals surface area contributed by atoms with E-state index in [0.717, 1.165) is 0 Å². The predicted molar refractivity (Wildman–Crippen MR) is 134 cm³/mol. The van der Waals surface area contributed by atoms with E-state index in [9.17, 15) is 14.4 Å². The van der Waals surface area contributed by atoms with Gasteiger partial charge in [0.15, 0.2) is 0 Å². The van der Waals surface area contributed by atoms with Crippen LogP contribution in [-0.2, 0) is 14.3 Å². The quantitative estimate of drug-likeness (QED) is 0.289. The minimum atomic E-state index is -0.930. The van der Waals surface area contributed by atoms with Crippen molar-refractivity contribution in [2.24, 2.45) is 0 Å². The first-order chi connectivity index (χ1) is 16.2. The second kappa shape index (κ2) is 11.6. The van der Waals surface area contributed by atoms with E-state index in [1.54, 1.807) is 36.4 Å². The van der Waals surface area contributed by atoms with Gasteiger partial charge >= 0.3 is 11.8 Å². The molecule has 11 heteroatoms. The van der Waals surface area contributed by atoms with Gasteiger partial charge in [-0.1, -0.05) is 34.8 Å². The number of rotatable bonds is 8. The minimum absolute atomic E-state index is 0.0785. The summed E-state index contributed by atoms with van der Waals surface area (Å²) >= 11 is 18.0. The van der Waals surface area contributed by atoms with Crippen LogP contribution in [0.15, 0.2) is 42.5 Å². The second-order valence-corrected chi connectivity index (χ2v) is 8.87. The number of carbonyl (C=O) groups is 3. The largest absolute Gasteiger partial charge is 0.379 e. The number of anilines is 1. The van der Waals surface area contributed by atoms with Crippen LogP contribution in [0.1, 0.15) is 30.8 Å². The lowest BCUT2D eigenvalue weighted by Gasteiger charge is -2.13. The normalized spacial score (nSPS) is 11.0. The van der Waals surface area contributed by atoms with Gasteiger partial charge in [-0.05, 0) is 62.7 Å². The molecule has 0 aliphatic heterocycles. The van der Waals surface area contributed by atoms with Crippen molar-refractivity contribution in [2.45, 2.75) is 26.4 Å². The number of hydrogen-bond donors (Lipinski definition) is 3. The highest BCUT2D eigenvalue weighted by Crippen LogP contribution is 2.27. The Balaban J connectivity index is 1.78. The standard InChI is InChI=1S/C23H23Cl3N4O4/c1-13(2)34-9-3-8-27-22(32)23(33)29-30-19-7-4-15(24)10-14(19)11-20(30)21(31)28-16-5-6-17(25)18(26)12-16/h4-7,10-13H,3,8-9H2,1-2H3,(H,27,32)(H,28,31)(H,29,33). The van der Waals surface area contributed by atoms with Crippen LogP contribution in [0, 0.1) is 0 Å². The summed E-state index contributed by atoms with van der Waals surface area (Å²) in [6, 6.07) is 11.1. The summed E-state index contributed by atoms with van der Waals surface area (Å²) in [7, 11) is 0. The number of benzene rings is 2. The van der Waals surface area contributed by atoms with E-state index in [4.69, 9.17) is 39.5 Å². The van der Waals surface area contributed by atoms with Crippen molar-refractivity contribution < 1.29 is 19.1 Å². The van der Waals surface area contributed by atoms with E-state index in [1.165, 1.54) is 10.7 Å². The second-order valence-electron chi connectivity index (χ2n) is 7.62. The van der Waals surface area contributed by atoms with Crippen LogP contribution in [0.2, 0.25) is 15.1 Å². The molecular formula is C23H23Cl3N4O4. The molecule has 1 heterocycles. The molecule has 1 aromatic heterocycles. The number of hydrogen-bond acceptors (Lipinski definition) is 4. The highest BCUT2D eigenvalue weighted by molar-refractivity contribution is 6.42. The first-order valence-corrected chi connectivity index (χ1v) is 11.6. The number of ether oxygens (including phenoxy) is 1. The van der Waals surface area contributed by atoms with Crippen molar-refractivity contribution in [1.29, 1.82) is 0 Å². The maximum absolute atomic E-state index is 13.0. The van der Waals surface area contributed by atoms with Crippen molar-refractivity contribution in [3.8, 4) is 0 Å². The summed E-state index contributed by atoms with van der Waals surface area (Å²) in [5.74, 6) is -2.31. The van der Waals surface area contributed by atoms with Gasteiger partial charge in [-0.3, -0.25) is 19.8 Å². The average Bonchev–Trinajstić information content (AvgIpc) is 3.13. The topological polar surface area (TPSA) is 101 Å². The Morgan fingerprint density at radius 3 is 2.44 bits per heavy atom. The maximum atomic E-state index is 13.0. The van der Waals surface area contributed by atoms with Crippen LogP contribution >= 0.6 is 34.8 Å². The molecule has 0 atom stereocenters. The number of amides is 3. The summed E-state index contributed by atoms with van der Waals surface area (Å²) < 4.78 is 6.64. The Labute approximate surface area is 211 Å². The number of nitrogens with zero attached hydrogens (tertiary/aromatic N) is 1. The first-order valence-electron chi connectivity index (χ1n) is 10.4. The van der Waals surface area contributed by atoms with Crippen molar-refractivity contribution in [3.63, 3.8) is 0 Å². The predicted octanol–water partition coefficient (Wildman–Crippen LogP) is 4.86. The van der Waals surface area contributed by atoms with Crippen molar-refractivity contribution >= 4 is 69.1 Å². The van der Waals surface area contributed by atoms with Crippen LogP contribution in [0.3, 0.4) is 0 Å². The fourth-order valence-electron chi connectivity index (χ4n) is 3.07.